The van der Waals surface area contributed by atoms with E-state index < -0.39 is 16.1 Å². The molecule has 0 heterocycles. The molecule has 0 bridgehead atoms. The number of nitrogens with two attached hydrogens (primary N) is 2. The van der Waals surface area contributed by atoms with Crippen molar-refractivity contribution in [3.63, 3.8) is 0 Å². The van der Waals surface area contributed by atoms with E-state index in [9.17, 15) is 13.2 Å². The van der Waals surface area contributed by atoms with Crippen molar-refractivity contribution in [2.24, 2.45) is 16.8 Å². The van der Waals surface area contributed by atoms with Crippen molar-refractivity contribution in [1.29, 1.82) is 0 Å². The Hall–Kier alpha value is -1.44. The number of hydrogen-bond donors (Lipinski definition) is 3. The number of hydrogen-bond acceptors (Lipinski definition) is 4. The molecule has 0 radical (unpaired) electrons. The van der Waals surface area contributed by atoms with E-state index in [0.29, 0.717) is 6.54 Å². The van der Waals surface area contributed by atoms with Crippen LogP contribution in [0.15, 0.2) is 29.2 Å². The van der Waals surface area contributed by atoms with Crippen molar-refractivity contribution in [3.05, 3.63) is 29.8 Å². The molecule has 5 N–H and O–H groups in total. The van der Waals surface area contributed by atoms with E-state index in [4.69, 9.17) is 10.9 Å². The van der Waals surface area contributed by atoms with Gasteiger partial charge in [-0.25, -0.2) is 13.6 Å². The first kappa shape index (κ1) is 16.6. The van der Waals surface area contributed by atoms with Gasteiger partial charge in [0.25, 0.3) is 0 Å². The SMILES string of the molecule is CC[C@H](C)[C@H](N)C(=O)NCc1ccc(S(N)(=O)=O)cc1. The Morgan fingerprint density at radius 2 is 1.85 bits per heavy atom. The Labute approximate surface area is 119 Å². The van der Waals surface area contributed by atoms with Gasteiger partial charge in [0.2, 0.25) is 15.9 Å². The molecular formula is C13H21N3O3S. The number of sulfonamides is 1. The highest BCUT2D eigenvalue weighted by Crippen LogP contribution is 2.09. The standard InChI is InChI=1S/C13H21N3O3S/c1-3-9(2)12(14)13(17)16-8-10-4-6-11(7-5-10)20(15,18)19/h4-7,9,12H,3,8,14H2,1-2H3,(H,16,17)(H2,15,18,19)/t9-,12-/m0/s1. The van der Waals surface area contributed by atoms with Crippen molar-refractivity contribution in [2.45, 2.75) is 37.8 Å². The maximum atomic E-state index is 11.8. The van der Waals surface area contributed by atoms with Crippen LogP contribution in [0, 0.1) is 5.92 Å². The summed E-state index contributed by atoms with van der Waals surface area (Å²) in [6.45, 7) is 4.20. The molecule has 0 spiro atoms. The van der Waals surface area contributed by atoms with Gasteiger partial charge in [-0.1, -0.05) is 32.4 Å². The second-order valence-electron chi connectivity index (χ2n) is 4.82. The van der Waals surface area contributed by atoms with Gasteiger partial charge in [0, 0.05) is 6.54 Å². The Balaban J connectivity index is 2.61. The van der Waals surface area contributed by atoms with E-state index in [1.165, 1.54) is 12.1 Å². The molecular weight excluding hydrogens is 278 g/mol. The maximum Gasteiger partial charge on any atom is 0.238 e. The summed E-state index contributed by atoms with van der Waals surface area (Å²) in [5.41, 5.74) is 6.59. The molecule has 0 aliphatic heterocycles. The molecule has 0 aliphatic carbocycles. The van der Waals surface area contributed by atoms with E-state index in [0.717, 1.165) is 12.0 Å². The van der Waals surface area contributed by atoms with Crippen LogP contribution in [-0.2, 0) is 21.4 Å². The number of rotatable bonds is 6. The molecule has 0 fully saturated rings. The second kappa shape index (κ2) is 6.83. The Kier molecular flexibility index (Phi) is 5.67. The van der Waals surface area contributed by atoms with Crippen LogP contribution in [0.25, 0.3) is 0 Å². The molecule has 1 rings (SSSR count). The number of amides is 1. The average molecular weight is 299 g/mol. The van der Waals surface area contributed by atoms with Gasteiger partial charge in [-0.2, -0.15) is 0 Å². The fraction of sp³-hybridized carbons (Fsp3) is 0.462. The molecule has 0 saturated heterocycles. The molecule has 0 aromatic heterocycles. The molecule has 1 aromatic rings. The minimum Gasteiger partial charge on any atom is -0.351 e. The number of benzene rings is 1. The van der Waals surface area contributed by atoms with Crippen LogP contribution < -0.4 is 16.2 Å². The minimum atomic E-state index is -3.69. The zero-order valence-electron chi connectivity index (χ0n) is 11.7. The monoisotopic (exact) mass is 299 g/mol. The summed E-state index contributed by atoms with van der Waals surface area (Å²) in [6, 6.07) is 5.49. The Morgan fingerprint density at radius 1 is 1.30 bits per heavy atom. The molecule has 0 saturated carbocycles. The lowest BCUT2D eigenvalue weighted by Gasteiger charge is -2.17. The third kappa shape index (κ3) is 4.59. The summed E-state index contributed by atoms with van der Waals surface area (Å²) in [6.07, 6.45) is 0.831. The molecule has 6 nitrogen and oxygen atoms in total. The van der Waals surface area contributed by atoms with E-state index in [-0.39, 0.29) is 16.7 Å². The first-order valence-corrected chi connectivity index (χ1v) is 7.95. The van der Waals surface area contributed by atoms with Crippen LogP contribution in [0.4, 0.5) is 0 Å². The van der Waals surface area contributed by atoms with E-state index in [1.54, 1.807) is 12.1 Å². The van der Waals surface area contributed by atoms with Crippen molar-refractivity contribution in [1.82, 2.24) is 5.32 Å². The quantitative estimate of drug-likeness (QED) is 0.701. The van der Waals surface area contributed by atoms with Crippen molar-refractivity contribution >= 4 is 15.9 Å². The van der Waals surface area contributed by atoms with E-state index >= 15 is 0 Å². The van der Waals surface area contributed by atoms with Crippen LogP contribution in [-0.4, -0.2) is 20.4 Å². The number of primary sulfonamides is 1. The summed E-state index contributed by atoms with van der Waals surface area (Å²) < 4.78 is 22.2. The summed E-state index contributed by atoms with van der Waals surface area (Å²) in [4.78, 5) is 11.8. The lowest BCUT2D eigenvalue weighted by Crippen LogP contribution is -2.44. The van der Waals surface area contributed by atoms with Gasteiger partial charge in [-0.3, -0.25) is 4.79 Å². The lowest BCUT2D eigenvalue weighted by molar-refractivity contribution is -0.123. The molecule has 1 amide bonds. The van der Waals surface area contributed by atoms with Crippen molar-refractivity contribution in [2.75, 3.05) is 0 Å². The molecule has 0 unspecified atom stereocenters. The second-order valence-corrected chi connectivity index (χ2v) is 6.38. The Bertz CT molecular complexity index is 555. The van der Waals surface area contributed by atoms with Crippen molar-refractivity contribution < 1.29 is 13.2 Å². The van der Waals surface area contributed by atoms with E-state index in [1.807, 2.05) is 13.8 Å². The molecule has 112 valence electrons. The highest BCUT2D eigenvalue weighted by atomic mass is 32.2. The van der Waals surface area contributed by atoms with E-state index in [2.05, 4.69) is 5.32 Å². The van der Waals surface area contributed by atoms with Gasteiger partial charge in [-0.05, 0) is 23.6 Å². The van der Waals surface area contributed by atoms with Crippen LogP contribution in [0.5, 0.6) is 0 Å². The van der Waals surface area contributed by atoms with Gasteiger partial charge in [-0.15, -0.1) is 0 Å². The average Bonchev–Trinajstić information content (AvgIpc) is 2.42. The van der Waals surface area contributed by atoms with Gasteiger partial charge in [0.15, 0.2) is 0 Å². The third-order valence-corrected chi connectivity index (χ3v) is 4.21. The smallest absolute Gasteiger partial charge is 0.238 e. The molecule has 20 heavy (non-hydrogen) atoms. The molecule has 2 atom stereocenters. The molecule has 1 aromatic carbocycles. The predicted molar refractivity (Wildman–Crippen MR) is 77.1 cm³/mol. The third-order valence-electron chi connectivity index (χ3n) is 3.28. The molecule has 0 aliphatic rings. The summed E-state index contributed by atoms with van der Waals surface area (Å²) in [5, 5.41) is 7.73. The minimum absolute atomic E-state index is 0.0453. The largest absolute Gasteiger partial charge is 0.351 e. The predicted octanol–water partition coefficient (Wildman–Crippen LogP) is 0.324. The zero-order chi connectivity index (χ0) is 15.3. The number of nitrogens with one attached hydrogen (secondary N) is 1. The van der Waals surface area contributed by atoms with Gasteiger partial charge < -0.3 is 11.1 Å². The van der Waals surface area contributed by atoms with Gasteiger partial charge >= 0.3 is 0 Å². The Morgan fingerprint density at radius 3 is 2.30 bits per heavy atom. The van der Waals surface area contributed by atoms with Crippen molar-refractivity contribution in [3.8, 4) is 0 Å². The first-order chi connectivity index (χ1) is 9.25. The van der Waals surface area contributed by atoms with Crippen LogP contribution in [0.3, 0.4) is 0 Å². The first-order valence-electron chi connectivity index (χ1n) is 6.40. The van der Waals surface area contributed by atoms with Crippen LogP contribution in [0.2, 0.25) is 0 Å². The number of carbonyl (C=O) groups excluding carboxylic acids is 1. The van der Waals surface area contributed by atoms with Gasteiger partial charge in [0.1, 0.15) is 0 Å². The van der Waals surface area contributed by atoms with Gasteiger partial charge in [0.05, 0.1) is 10.9 Å². The summed E-state index contributed by atoms with van der Waals surface area (Å²) in [7, 11) is -3.69. The highest BCUT2D eigenvalue weighted by molar-refractivity contribution is 7.89. The summed E-state index contributed by atoms with van der Waals surface area (Å²) in [5.74, 6) is -0.102. The fourth-order valence-electron chi connectivity index (χ4n) is 1.62. The highest BCUT2D eigenvalue weighted by Gasteiger charge is 2.18. The summed E-state index contributed by atoms with van der Waals surface area (Å²) >= 11 is 0. The van der Waals surface area contributed by atoms with Crippen LogP contribution >= 0.6 is 0 Å². The topological polar surface area (TPSA) is 115 Å². The fourth-order valence-corrected chi connectivity index (χ4v) is 2.13. The normalized spacial score (nSPS) is 14.6. The lowest BCUT2D eigenvalue weighted by atomic mass is 9.99. The maximum absolute atomic E-state index is 11.8. The van der Waals surface area contributed by atoms with Crippen LogP contribution in [0.1, 0.15) is 25.8 Å². The number of carbonyl (C=O) groups is 1. The molecule has 7 heteroatoms. The zero-order valence-corrected chi connectivity index (χ0v) is 12.5.